The molecule has 2 N–H and O–H groups in total. The van der Waals surface area contributed by atoms with Gasteiger partial charge in [-0.15, -0.1) is 0 Å². The number of phenolic OH excluding ortho intramolecular Hbond substituents is 1. The summed E-state index contributed by atoms with van der Waals surface area (Å²) in [5.74, 6) is -1.31. The largest absolute Gasteiger partial charge is 0.507 e. The molecule has 1 heterocycles. The first kappa shape index (κ1) is 15.1. The van der Waals surface area contributed by atoms with E-state index in [-0.39, 0.29) is 22.4 Å². The van der Waals surface area contributed by atoms with Crippen molar-refractivity contribution < 1.29 is 24.5 Å². The van der Waals surface area contributed by atoms with Gasteiger partial charge in [-0.1, -0.05) is 11.6 Å². The Bertz CT molecular complexity index is 807. The molecule has 0 saturated heterocycles. The number of aryl methyl sites for hydroxylation is 2. The van der Waals surface area contributed by atoms with Crippen LogP contribution < -0.4 is 4.74 Å². The van der Waals surface area contributed by atoms with Crippen LogP contribution in [-0.4, -0.2) is 28.6 Å². The first-order valence-electron chi connectivity index (χ1n) is 7.34. The van der Waals surface area contributed by atoms with Crippen molar-refractivity contribution in [1.29, 1.82) is 0 Å². The van der Waals surface area contributed by atoms with Gasteiger partial charge >= 0.3 is 5.97 Å². The molecule has 0 fully saturated rings. The molecule has 0 aliphatic carbocycles. The Morgan fingerprint density at radius 1 is 1.13 bits per heavy atom. The van der Waals surface area contributed by atoms with E-state index in [0.29, 0.717) is 24.3 Å². The summed E-state index contributed by atoms with van der Waals surface area (Å²) in [7, 11) is 0. The van der Waals surface area contributed by atoms with E-state index in [1.807, 2.05) is 6.92 Å². The SMILES string of the molecule is Cc1ccc(O)c(C(=O)c2cc3c(c(C(=O)O)c2)OCCC3)c1. The van der Waals surface area contributed by atoms with Crippen molar-refractivity contribution in [2.75, 3.05) is 6.61 Å². The van der Waals surface area contributed by atoms with Gasteiger partial charge in [0.2, 0.25) is 0 Å². The molecule has 0 atom stereocenters. The predicted octanol–water partition coefficient (Wildman–Crippen LogP) is 2.95. The molecule has 0 saturated carbocycles. The summed E-state index contributed by atoms with van der Waals surface area (Å²) in [5, 5.41) is 19.3. The van der Waals surface area contributed by atoms with Gasteiger partial charge in [-0.05, 0) is 49.6 Å². The van der Waals surface area contributed by atoms with Crippen molar-refractivity contribution in [2.45, 2.75) is 19.8 Å². The highest BCUT2D eigenvalue weighted by atomic mass is 16.5. The van der Waals surface area contributed by atoms with Crippen molar-refractivity contribution in [2.24, 2.45) is 0 Å². The second kappa shape index (κ2) is 5.76. The first-order valence-corrected chi connectivity index (χ1v) is 7.34. The number of carbonyl (C=O) groups excluding carboxylic acids is 1. The van der Waals surface area contributed by atoms with E-state index < -0.39 is 11.8 Å². The summed E-state index contributed by atoms with van der Waals surface area (Å²) in [4.78, 5) is 24.2. The third kappa shape index (κ3) is 2.77. The Hall–Kier alpha value is -2.82. The molecule has 1 aliphatic rings. The third-order valence-corrected chi connectivity index (χ3v) is 3.89. The number of ether oxygens (including phenoxy) is 1. The molecule has 5 nitrogen and oxygen atoms in total. The van der Waals surface area contributed by atoms with Crippen molar-refractivity contribution in [3.05, 3.63) is 58.1 Å². The van der Waals surface area contributed by atoms with Gasteiger partial charge in [0.25, 0.3) is 0 Å². The lowest BCUT2D eigenvalue weighted by atomic mass is 9.94. The molecule has 1 aliphatic heterocycles. The second-order valence-electron chi connectivity index (χ2n) is 5.62. The smallest absolute Gasteiger partial charge is 0.339 e. The van der Waals surface area contributed by atoms with E-state index in [1.165, 1.54) is 12.1 Å². The zero-order chi connectivity index (χ0) is 16.6. The third-order valence-electron chi connectivity index (χ3n) is 3.89. The molecule has 3 rings (SSSR count). The molecule has 0 unspecified atom stereocenters. The summed E-state index contributed by atoms with van der Waals surface area (Å²) in [6.45, 7) is 2.29. The van der Waals surface area contributed by atoms with Crippen LogP contribution >= 0.6 is 0 Å². The van der Waals surface area contributed by atoms with E-state index in [1.54, 1.807) is 18.2 Å². The fourth-order valence-corrected chi connectivity index (χ4v) is 2.76. The van der Waals surface area contributed by atoms with Crippen molar-refractivity contribution >= 4 is 11.8 Å². The number of aromatic carboxylic acids is 1. The van der Waals surface area contributed by atoms with Crippen LogP contribution in [0.15, 0.2) is 30.3 Å². The molecule has 0 amide bonds. The normalized spacial score (nSPS) is 13.1. The van der Waals surface area contributed by atoms with Crippen LogP contribution in [0.25, 0.3) is 0 Å². The number of carbonyl (C=O) groups is 2. The molecule has 0 radical (unpaired) electrons. The van der Waals surface area contributed by atoms with Crippen molar-refractivity contribution in [3.63, 3.8) is 0 Å². The van der Waals surface area contributed by atoms with E-state index >= 15 is 0 Å². The number of phenols is 1. The number of hydrogen-bond donors (Lipinski definition) is 2. The molecule has 5 heteroatoms. The molecule has 0 aromatic heterocycles. The molecule has 0 spiro atoms. The summed E-state index contributed by atoms with van der Waals surface area (Å²) in [6.07, 6.45) is 1.44. The Kier molecular flexibility index (Phi) is 3.78. The van der Waals surface area contributed by atoms with Gasteiger partial charge in [0.15, 0.2) is 5.78 Å². The maximum Gasteiger partial charge on any atom is 0.339 e. The van der Waals surface area contributed by atoms with Gasteiger partial charge in [-0.3, -0.25) is 4.79 Å². The maximum atomic E-state index is 12.7. The Morgan fingerprint density at radius 3 is 2.65 bits per heavy atom. The van der Waals surface area contributed by atoms with Gasteiger partial charge in [-0.2, -0.15) is 0 Å². The number of hydrogen-bond acceptors (Lipinski definition) is 4. The average Bonchev–Trinajstić information content (AvgIpc) is 2.55. The van der Waals surface area contributed by atoms with Crippen LogP contribution in [0.2, 0.25) is 0 Å². The van der Waals surface area contributed by atoms with Crippen LogP contribution in [0, 0.1) is 6.92 Å². The minimum absolute atomic E-state index is 0.0160. The molecular weight excluding hydrogens is 296 g/mol. The summed E-state index contributed by atoms with van der Waals surface area (Å²) in [5.41, 5.74) is 1.95. The highest BCUT2D eigenvalue weighted by Gasteiger charge is 2.23. The Labute approximate surface area is 133 Å². The van der Waals surface area contributed by atoms with E-state index in [4.69, 9.17) is 4.74 Å². The number of rotatable bonds is 3. The number of benzene rings is 2. The monoisotopic (exact) mass is 312 g/mol. The standard InChI is InChI=1S/C18H16O5/c1-10-4-5-15(19)13(7-10)16(20)12-8-11-3-2-6-23-17(11)14(9-12)18(21)22/h4-5,7-9,19H,2-3,6H2,1H3,(H,21,22). The number of fused-ring (bicyclic) bond motifs is 1. The van der Waals surface area contributed by atoms with Gasteiger partial charge in [0.05, 0.1) is 12.2 Å². The molecule has 2 aromatic rings. The Balaban J connectivity index is 2.12. The fraction of sp³-hybridized carbons (Fsp3) is 0.222. The van der Waals surface area contributed by atoms with Crippen molar-refractivity contribution in [3.8, 4) is 11.5 Å². The zero-order valence-corrected chi connectivity index (χ0v) is 12.6. The van der Waals surface area contributed by atoms with Gasteiger partial charge in [0, 0.05) is 5.56 Å². The lowest BCUT2D eigenvalue weighted by molar-refractivity contribution is 0.0691. The average molecular weight is 312 g/mol. The Morgan fingerprint density at radius 2 is 1.91 bits per heavy atom. The molecule has 118 valence electrons. The highest BCUT2D eigenvalue weighted by Crippen LogP contribution is 2.32. The molecule has 0 bridgehead atoms. The zero-order valence-electron chi connectivity index (χ0n) is 12.6. The number of ketones is 1. The lowest BCUT2D eigenvalue weighted by Gasteiger charge is -2.20. The predicted molar refractivity (Wildman–Crippen MR) is 83.5 cm³/mol. The fourth-order valence-electron chi connectivity index (χ4n) is 2.76. The second-order valence-corrected chi connectivity index (χ2v) is 5.62. The van der Waals surface area contributed by atoms with Crippen LogP contribution in [0.3, 0.4) is 0 Å². The minimum atomic E-state index is -1.13. The van der Waals surface area contributed by atoms with Crippen LogP contribution in [0.1, 0.15) is 43.8 Å². The lowest BCUT2D eigenvalue weighted by Crippen LogP contribution is -2.15. The van der Waals surface area contributed by atoms with Gasteiger partial charge in [-0.25, -0.2) is 4.79 Å². The highest BCUT2D eigenvalue weighted by molar-refractivity contribution is 6.12. The topological polar surface area (TPSA) is 83.8 Å². The maximum absolute atomic E-state index is 12.7. The summed E-state index contributed by atoms with van der Waals surface area (Å²) >= 11 is 0. The first-order chi connectivity index (χ1) is 11.0. The quantitative estimate of drug-likeness (QED) is 0.851. The summed E-state index contributed by atoms with van der Waals surface area (Å²) < 4.78 is 5.46. The van der Waals surface area contributed by atoms with Crippen LogP contribution in [0.5, 0.6) is 11.5 Å². The number of aromatic hydroxyl groups is 1. The summed E-state index contributed by atoms with van der Waals surface area (Å²) in [6, 6.07) is 7.73. The van der Waals surface area contributed by atoms with E-state index in [9.17, 15) is 19.8 Å². The number of carboxylic acid groups (broad SMARTS) is 1. The number of carboxylic acids is 1. The molecule has 23 heavy (non-hydrogen) atoms. The molecule has 2 aromatic carbocycles. The van der Waals surface area contributed by atoms with Gasteiger partial charge < -0.3 is 14.9 Å². The van der Waals surface area contributed by atoms with Gasteiger partial charge in [0.1, 0.15) is 17.1 Å². The van der Waals surface area contributed by atoms with Crippen molar-refractivity contribution in [1.82, 2.24) is 0 Å². The van der Waals surface area contributed by atoms with Crippen LogP contribution in [0.4, 0.5) is 0 Å². The van der Waals surface area contributed by atoms with Crippen LogP contribution in [-0.2, 0) is 6.42 Å². The van der Waals surface area contributed by atoms with E-state index in [2.05, 4.69) is 0 Å². The van der Waals surface area contributed by atoms with E-state index in [0.717, 1.165) is 12.0 Å². The molecular formula is C18H16O5. The minimum Gasteiger partial charge on any atom is -0.507 e.